The van der Waals surface area contributed by atoms with Gasteiger partial charge in [0, 0.05) is 39.1 Å². The van der Waals surface area contributed by atoms with Crippen molar-refractivity contribution in [2.75, 3.05) is 31.1 Å². The maximum Gasteiger partial charge on any atom is 0.416 e. The van der Waals surface area contributed by atoms with E-state index in [0.29, 0.717) is 6.54 Å². The lowest BCUT2D eigenvalue weighted by molar-refractivity contribution is -0.137. The second-order valence-corrected chi connectivity index (χ2v) is 9.91. The van der Waals surface area contributed by atoms with Crippen molar-refractivity contribution in [3.63, 3.8) is 0 Å². The molecule has 1 aliphatic rings. The van der Waals surface area contributed by atoms with Gasteiger partial charge >= 0.3 is 6.18 Å². The second-order valence-electron chi connectivity index (χ2n) is 9.91. The van der Waals surface area contributed by atoms with Gasteiger partial charge in [0.25, 0.3) is 0 Å². The van der Waals surface area contributed by atoms with Crippen LogP contribution in [0.5, 0.6) is 0 Å². The molecule has 200 valence electrons. The van der Waals surface area contributed by atoms with Crippen molar-refractivity contribution in [1.82, 2.24) is 24.6 Å². The van der Waals surface area contributed by atoms with Gasteiger partial charge in [0.05, 0.1) is 22.3 Å². The number of para-hydroxylation sites is 1. The van der Waals surface area contributed by atoms with Crippen molar-refractivity contribution in [3.05, 3.63) is 77.2 Å². The molecule has 1 aliphatic heterocycles. The van der Waals surface area contributed by atoms with E-state index in [1.54, 1.807) is 12.1 Å². The molecule has 0 amide bonds. The summed E-state index contributed by atoms with van der Waals surface area (Å²) in [6.07, 6.45) is -0.484. The molecule has 0 radical (unpaired) electrons. The quantitative estimate of drug-likeness (QED) is 0.289. The number of anilines is 1. The first-order chi connectivity index (χ1) is 18.3. The highest BCUT2D eigenvalue weighted by Crippen LogP contribution is 2.31. The van der Waals surface area contributed by atoms with Crippen LogP contribution in [-0.4, -0.2) is 50.8 Å². The van der Waals surface area contributed by atoms with Gasteiger partial charge in [-0.15, -0.1) is 0 Å². The highest BCUT2D eigenvalue weighted by Gasteiger charge is 2.30. The molecule has 9 heteroatoms. The van der Waals surface area contributed by atoms with Crippen LogP contribution in [0, 0.1) is 6.92 Å². The number of unbranched alkanes of at least 4 members (excludes halogenated alkanes) is 1. The summed E-state index contributed by atoms with van der Waals surface area (Å²) in [6.45, 7) is 8.08. The number of rotatable bonds is 7. The molecule has 0 aliphatic carbocycles. The lowest BCUT2D eigenvalue weighted by Crippen LogP contribution is -2.31. The van der Waals surface area contributed by atoms with Crippen LogP contribution in [-0.2, 0) is 19.1 Å². The molecule has 0 unspecified atom stereocenters. The first-order valence-corrected chi connectivity index (χ1v) is 13.3. The Morgan fingerprint density at radius 1 is 0.895 bits per heavy atom. The maximum atomic E-state index is 12.9. The number of nitrogens with zero attached hydrogens (tertiary/aromatic N) is 6. The SMILES string of the molecule is CCCCc1nc(N2CCCN(Cc3ccc(C(F)(F)F)cc3)CC2)c2c(C)nn(-c3ccccc3)c2n1. The average molecular weight is 523 g/mol. The van der Waals surface area contributed by atoms with Crippen LogP contribution in [0.4, 0.5) is 19.0 Å². The van der Waals surface area contributed by atoms with E-state index in [-0.39, 0.29) is 0 Å². The van der Waals surface area contributed by atoms with E-state index >= 15 is 0 Å². The van der Waals surface area contributed by atoms with Crippen molar-refractivity contribution < 1.29 is 13.2 Å². The summed E-state index contributed by atoms with van der Waals surface area (Å²) < 4.78 is 40.7. The van der Waals surface area contributed by atoms with Crippen LogP contribution in [0.2, 0.25) is 0 Å². The molecule has 3 heterocycles. The Balaban J connectivity index is 1.41. The molecule has 0 spiro atoms. The smallest absolute Gasteiger partial charge is 0.355 e. The first kappa shape index (κ1) is 26.2. The van der Waals surface area contributed by atoms with Crippen molar-refractivity contribution >= 4 is 16.9 Å². The lowest BCUT2D eigenvalue weighted by atomic mass is 10.1. The summed E-state index contributed by atoms with van der Waals surface area (Å²) in [6, 6.07) is 15.6. The normalized spacial score (nSPS) is 15.2. The minimum atomic E-state index is -4.31. The molecule has 2 aromatic carbocycles. The van der Waals surface area contributed by atoms with Gasteiger partial charge < -0.3 is 4.90 Å². The molecule has 0 N–H and O–H groups in total. The third-order valence-electron chi connectivity index (χ3n) is 7.06. The Labute approximate surface area is 221 Å². The molecule has 4 aromatic rings. The largest absolute Gasteiger partial charge is 0.416 e. The minimum absolute atomic E-state index is 0.610. The molecule has 2 aromatic heterocycles. The summed E-state index contributed by atoms with van der Waals surface area (Å²) in [4.78, 5) is 14.6. The van der Waals surface area contributed by atoms with Gasteiger partial charge in [0.15, 0.2) is 5.65 Å². The fourth-order valence-electron chi connectivity index (χ4n) is 5.03. The molecule has 1 saturated heterocycles. The Kier molecular flexibility index (Phi) is 7.65. The summed E-state index contributed by atoms with van der Waals surface area (Å²) in [5, 5.41) is 5.83. The van der Waals surface area contributed by atoms with Crippen molar-refractivity contribution in [3.8, 4) is 5.69 Å². The van der Waals surface area contributed by atoms with Crippen molar-refractivity contribution in [1.29, 1.82) is 0 Å². The van der Waals surface area contributed by atoms with Gasteiger partial charge in [-0.1, -0.05) is 43.7 Å². The van der Waals surface area contributed by atoms with Crippen molar-refractivity contribution in [2.24, 2.45) is 0 Å². The Hall–Kier alpha value is -3.46. The number of halogens is 3. The van der Waals surface area contributed by atoms with Crippen LogP contribution < -0.4 is 4.90 Å². The number of hydrogen-bond donors (Lipinski definition) is 0. The monoisotopic (exact) mass is 522 g/mol. The van der Waals surface area contributed by atoms with E-state index in [1.807, 2.05) is 41.9 Å². The molecule has 0 saturated carbocycles. The maximum absolute atomic E-state index is 12.9. The summed E-state index contributed by atoms with van der Waals surface area (Å²) >= 11 is 0. The van der Waals surface area contributed by atoms with E-state index in [1.165, 1.54) is 12.1 Å². The molecular weight excluding hydrogens is 489 g/mol. The minimum Gasteiger partial charge on any atom is -0.355 e. The fraction of sp³-hybridized carbons (Fsp3) is 0.414. The van der Waals surface area contributed by atoms with Crippen LogP contribution in [0.25, 0.3) is 16.7 Å². The number of fused-ring (bicyclic) bond motifs is 1. The summed E-state index contributed by atoms with van der Waals surface area (Å²) in [5.74, 6) is 1.76. The molecule has 38 heavy (non-hydrogen) atoms. The number of aromatic nitrogens is 4. The number of hydrogen-bond acceptors (Lipinski definition) is 5. The zero-order valence-corrected chi connectivity index (χ0v) is 21.9. The molecule has 0 bridgehead atoms. The van der Waals surface area contributed by atoms with Gasteiger partial charge in [0.2, 0.25) is 0 Å². The topological polar surface area (TPSA) is 50.1 Å². The first-order valence-electron chi connectivity index (χ1n) is 13.3. The molecule has 5 rings (SSSR count). The number of alkyl halides is 3. The second kappa shape index (κ2) is 11.1. The highest BCUT2D eigenvalue weighted by molar-refractivity contribution is 5.91. The summed E-state index contributed by atoms with van der Waals surface area (Å²) in [7, 11) is 0. The predicted octanol–water partition coefficient (Wildman–Crippen LogP) is 6.20. The third-order valence-corrected chi connectivity index (χ3v) is 7.06. The lowest BCUT2D eigenvalue weighted by Gasteiger charge is -2.24. The molecular formula is C29H33F3N6. The van der Waals surface area contributed by atoms with E-state index in [0.717, 1.165) is 91.5 Å². The zero-order valence-electron chi connectivity index (χ0n) is 21.9. The fourth-order valence-corrected chi connectivity index (χ4v) is 5.03. The summed E-state index contributed by atoms with van der Waals surface area (Å²) in [5.41, 5.74) is 2.97. The highest BCUT2D eigenvalue weighted by atomic mass is 19.4. The van der Waals surface area contributed by atoms with Crippen LogP contribution in [0.15, 0.2) is 54.6 Å². The Morgan fingerprint density at radius 3 is 2.37 bits per heavy atom. The van der Waals surface area contributed by atoms with Gasteiger partial charge in [-0.25, -0.2) is 14.6 Å². The van der Waals surface area contributed by atoms with Gasteiger partial charge in [-0.05, 0) is 49.6 Å². The van der Waals surface area contributed by atoms with Gasteiger partial charge in [-0.2, -0.15) is 18.3 Å². The van der Waals surface area contributed by atoms with Crippen LogP contribution in [0.3, 0.4) is 0 Å². The van der Waals surface area contributed by atoms with Gasteiger partial charge in [0.1, 0.15) is 11.6 Å². The molecule has 6 nitrogen and oxygen atoms in total. The standard InChI is InChI=1S/C29H33F3N6/c1-3-4-11-25-33-27(26-21(2)35-38(28(26)34-25)24-9-6-5-7-10-24)37-17-8-16-36(18-19-37)20-22-12-14-23(15-13-22)29(30,31)32/h5-7,9-10,12-15H,3-4,8,11,16-20H2,1-2H3. The van der Waals surface area contributed by atoms with E-state index in [4.69, 9.17) is 15.1 Å². The van der Waals surface area contributed by atoms with Gasteiger partial charge in [-0.3, -0.25) is 4.90 Å². The van der Waals surface area contributed by atoms with E-state index in [2.05, 4.69) is 16.7 Å². The number of aryl methyl sites for hydroxylation is 2. The van der Waals surface area contributed by atoms with Crippen LogP contribution in [0.1, 0.15) is 48.8 Å². The van der Waals surface area contributed by atoms with Crippen molar-refractivity contribution in [2.45, 2.75) is 52.3 Å². The third kappa shape index (κ3) is 5.67. The molecule has 1 fully saturated rings. The number of benzene rings is 2. The Morgan fingerprint density at radius 2 is 1.66 bits per heavy atom. The van der Waals surface area contributed by atoms with E-state index in [9.17, 15) is 13.2 Å². The van der Waals surface area contributed by atoms with E-state index < -0.39 is 11.7 Å². The average Bonchev–Trinajstić information content (AvgIpc) is 3.08. The Bertz CT molecular complexity index is 1370. The van der Waals surface area contributed by atoms with Crippen LogP contribution >= 0.6 is 0 Å². The zero-order chi connectivity index (χ0) is 26.7. The predicted molar refractivity (Wildman–Crippen MR) is 144 cm³/mol. The molecule has 0 atom stereocenters.